The van der Waals surface area contributed by atoms with Crippen molar-refractivity contribution in [1.82, 2.24) is 10.3 Å². The quantitative estimate of drug-likeness (QED) is 0.899. The Morgan fingerprint density at radius 1 is 1.26 bits per heavy atom. The highest BCUT2D eigenvalue weighted by Crippen LogP contribution is 2.24. The molecule has 1 atom stereocenters. The van der Waals surface area contributed by atoms with Gasteiger partial charge in [-0.15, -0.1) is 0 Å². The summed E-state index contributed by atoms with van der Waals surface area (Å²) in [7, 11) is 0. The summed E-state index contributed by atoms with van der Waals surface area (Å²) in [4.78, 5) is 4.42. The molecular formula is C16H19BrN2. The molecule has 2 nitrogen and oxygen atoms in total. The summed E-state index contributed by atoms with van der Waals surface area (Å²) in [6.07, 6.45) is 2.77. The summed E-state index contributed by atoms with van der Waals surface area (Å²) in [6, 6.07) is 12.8. The van der Waals surface area contributed by atoms with Gasteiger partial charge in [0.15, 0.2) is 0 Å². The third-order valence-electron chi connectivity index (χ3n) is 3.20. The van der Waals surface area contributed by atoms with Crippen LogP contribution >= 0.6 is 15.9 Å². The van der Waals surface area contributed by atoms with Crippen molar-refractivity contribution in [3.63, 3.8) is 0 Å². The molecule has 1 heterocycles. The van der Waals surface area contributed by atoms with Crippen molar-refractivity contribution in [2.45, 2.75) is 26.3 Å². The Labute approximate surface area is 123 Å². The van der Waals surface area contributed by atoms with Gasteiger partial charge in [0, 0.05) is 28.8 Å². The second kappa shape index (κ2) is 6.83. The lowest BCUT2D eigenvalue weighted by Gasteiger charge is -2.20. The summed E-state index contributed by atoms with van der Waals surface area (Å²) in [5, 5.41) is 3.55. The standard InChI is InChI=1S/C16H19BrN2/c1-3-18-16(11-14-6-4-5-9-19-14)15-8-7-13(17)10-12(15)2/h4-10,16,18H,3,11H2,1-2H3. The van der Waals surface area contributed by atoms with Gasteiger partial charge in [-0.3, -0.25) is 4.98 Å². The van der Waals surface area contributed by atoms with Gasteiger partial charge in [0.2, 0.25) is 0 Å². The number of nitrogens with zero attached hydrogens (tertiary/aromatic N) is 1. The molecule has 100 valence electrons. The van der Waals surface area contributed by atoms with Crippen LogP contribution in [0, 0.1) is 6.92 Å². The summed E-state index contributed by atoms with van der Waals surface area (Å²) in [6.45, 7) is 5.25. The first-order chi connectivity index (χ1) is 9.20. The number of hydrogen-bond donors (Lipinski definition) is 1. The molecule has 0 aliphatic heterocycles. The molecule has 0 spiro atoms. The molecule has 0 bridgehead atoms. The van der Waals surface area contributed by atoms with Crippen LogP contribution in [0.4, 0.5) is 0 Å². The van der Waals surface area contributed by atoms with Crippen molar-refractivity contribution in [3.8, 4) is 0 Å². The zero-order valence-corrected chi connectivity index (χ0v) is 12.9. The maximum absolute atomic E-state index is 4.42. The predicted molar refractivity (Wildman–Crippen MR) is 83.2 cm³/mol. The van der Waals surface area contributed by atoms with Gasteiger partial charge in [0.1, 0.15) is 0 Å². The Morgan fingerprint density at radius 2 is 2.11 bits per heavy atom. The minimum atomic E-state index is 0.313. The third kappa shape index (κ3) is 3.88. The van der Waals surface area contributed by atoms with Crippen LogP contribution in [0.1, 0.15) is 29.8 Å². The van der Waals surface area contributed by atoms with Gasteiger partial charge in [-0.1, -0.05) is 35.0 Å². The number of aromatic nitrogens is 1. The van der Waals surface area contributed by atoms with Crippen LogP contribution in [0.3, 0.4) is 0 Å². The zero-order chi connectivity index (χ0) is 13.7. The average molecular weight is 319 g/mol. The van der Waals surface area contributed by atoms with E-state index in [2.05, 4.69) is 64.3 Å². The Kier molecular flexibility index (Phi) is 5.11. The van der Waals surface area contributed by atoms with Crippen LogP contribution in [-0.2, 0) is 6.42 Å². The number of likely N-dealkylation sites (N-methyl/N-ethyl adjacent to an activating group) is 1. The average Bonchev–Trinajstić information content (AvgIpc) is 2.39. The lowest BCUT2D eigenvalue weighted by molar-refractivity contribution is 0.541. The van der Waals surface area contributed by atoms with Crippen LogP contribution in [0.15, 0.2) is 47.1 Å². The first-order valence-electron chi connectivity index (χ1n) is 6.60. The molecule has 1 aromatic heterocycles. The van der Waals surface area contributed by atoms with Crippen LogP contribution in [0.5, 0.6) is 0 Å². The smallest absolute Gasteiger partial charge is 0.0422 e. The number of nitrogens with one attached hydrogen (secondary N) is 1. The second-order valence-corrected chi connectivity index (χ2v) is 5.55. The summed E-state index contributed by atoms with van der Waals surface area (Å²) in [5.41, 5.74) is 3.77. The topological polar surface area (TPSA) is 24.9 Å². The SMILES string of the molecule is CCNC(Cc1ccccn1)c1ccc(Br)cc1C. The Morgan fingerprint density at radius 3 is 2.74 bits per heavy atom. The van der Waals surface area contributed by atoms with E-state index in [1.165, 1.54) is 11.1 Å². The van der Waals surface area contributed by atoms with E-state index in [-0.39, 0.29) is 0 Å². The number of rotatable bonds is 5. The van der Waals surface area contributed by atoms with Gasteiger partial charge in [-0.25, -0.2) is 0 Å². The highest BCUT2D eigenvalue weighted by atomic mass is 79.9. The maximum Gasteiger partial charge on any atom is 0.0422 e. The number of pyridine rings is 1. The number of hydrogen-bond acceptors (Lipinski definition) is 2. The van der Waals surface area contributed by atoms with Crippen LogP contribution < -0.4 is 5.32 Å². The lowest BCUT2D eigenvalue weighted by Crippen LogP contribution is -2.24. The molecule has 0 saturated carbocycles. The molecule has 2 aromatic rings. The molecule has 1 N–H and O–H groups in total. The van der Waals surface area contributed by atoms with Gasteiger partial charge in [-0.2, -0.15) is 0 Å². The maximum atomic E-state index is 4.42. The second-order valence-electron chi connectivity index (χ2n) is 4.64. The van der Waals surface area contributed by atoms with Gasteiger partial charge >= 0.3 is 0 Å². The van der Waals surface area contributed by atoms with Gasteiger partial charge < -0.3 is 5.32 Å². The molecule has 0 aliphatic carbocycles. The Hall–Kier alpha value is -1.19. The zero-order valence-electron chi connectivity index (χ0n) is 11.4. The third-order valence-corrected chi connectivity index (χ3v) is 3.69. The van der Waals surface area contributed by atoms with E-state index >= 15 is 0 Å². The molecule has 1 unspecified atom stereocenters. The molecule has 2 rings (SSSR count). The van der Waals surface area contributed by atoms with E-state index in [9.17, 15) is 0 Å². The first-order valence-corrected chi connectivity index (χ1v) is 7.39. The van der Waals surface area contributed by atoms with E-state index in [1.54, 1.807) is 0 Å². The van der Waals surface area contributed by atoms with Gasteiger partial charge in [0.25, 0.3) is 0 Å². The lowest BCUT2D eigenvalue weighted by atomic mass is 9.97. The fraction of sp³-hybridized carbons (Fsp3) is 0.312. The van der Waals surface area contributed by atoms with Crippen molar-refractivity contribution in [2.24, 2.45) is 0 Å². The normalized spacial score (nSPS) is 12.4. The molecule has 0 fully saturated rings. The molecule has 19 heavy (non-hydrogen) atoms. The van der Waals surface area contributed by atoms with Gasteiger partial charge in [0.05, 0.1) is 0 Å². The van der Waals surface area contributed by atoms with Gasteiger partial charge in [-0.05, 0) is 48.9 Å². The van der Waals surface area contributed by atoms with Crippen molar-refractivity contribution in [2.75, 3.05) is 6.54 Å². The van der Waals surface area contributed by atoms with Crippen molar-refractivity contribution < 1.29 is 0 Å². The summed E-state index contributed by atoms with van der Waals surface area (Å²) in [5.74, 6) is 0. The van der Waals surface area contributed by atoms with E-state index < -0.39 is 0 Å². The molecule has 0 radical (unpaired) electrons. The predicted octanol–water partition coefficient (Wildman–Crippen LogP) is 4.05. The molecule has 3 heteroatoms. The number of halogens is 1. The highest BCUT2D eigenvalue weighted by Gasteiger charge is 2.14. The molecular weight excluding hydrogens is 300 g/mol. The van der Waals surface area contributed by atoms with E-state index in [4.69, 9.17) is 0 Å². The van der Waals surface area contributed by atoms with Crippen molar-refractivity contribution in [3.05, 3.63) is 63.9 Å². The molecule has 0 aliphatic rings. The van der Waals surface area contributed by atoms with Crippen LogP contribution in [-0.4, -0.2) is 11.5 Å². The molecule has 0 saturated heterocycles. The minimum absolute atomic E-state index is 0.313. The number of benzene rings is 1. The van der Waals surface area contributed by atoms with E-state index in [0.717, 1.165) is 23.1 Å². The fourth-order valence-electron chi connectivity index (χ4n) is 2.30. The Bertz CT molecular complexity index is 526. The first kappa shape index (κ1) is 14.2. The highest BCUT2D eigenvalue weighted by molar-refractivity contribution is 9.10. The van der Waals surface area contributed by atoms with Crippen LogP contribution in [0.25, 0.3) is 0 Å². The largest absolute Gasteiger partial charge is 0.310 e. The van der Waals surface area contributed by atoms with E-state index in [0.29, 0.717) is 6.04 Å². The minimum Gasteiger partial charge on any atom is -0.310 e. The summed E-state index contributed by atoms with van der Waals surface area (Å²) >= 11 is 3.52. The monoisotopic (exact) mass is 318 g/mol. The van der Waals surface area contributed by atoms with Crippen molar-refractivity contribution in [1.29, 1.82) is 0 Å². The summed E-state index contributed by atoms with van der Waals surface area (Å²) < 4.78 is 1.13. The fourth-order valence-corrected chi connectivity index (χ4v) is 2.77. The number of aryl methyl sites for hydroxylation is 1. The van der Waals surface area contributed by atoms with Crippen LogP contribution in [0.2, 0.25) is 0 Å². The molecule has 1 aromatic carbocycles. The van der Waals surface area contributed by atoms with E-state index in [1.807, 2.05) is 18.3 Å². The molecule has 0 amide bonds. The van der Waals surface area contributed by atoms with Crippen molar-refractivity contribution >= 4 is 15.9 Å². The Balaban J connectivity index is 2.24.